The van der Waals surface area contributed by atoms with E-state index in [1.165, 1.54) is 0 Å². The van der Waals surface area contributed by atoms with Crippen molar-refractivity contribution in [3.05, 3.63) is 26.9 Å². The van der Waals surface area contributed by atoms with Crippen LogP contribution in [0.15, 0.2) is 11.1 Å². The highest BCUT2D eigenvalue weighted by molar-refractivity contribution is 7.89. The maximum Gasteiger partial charge on any atom is 0.315 e. The van der Waals surface area contributed by atoms with E-state index in [1.807, 2.05) is 0 Å². The Labute approximate surface area is 98.4 Å². The van der Waals surface area contributed by atoms with Crippen LogP contribution in [0.25, 0.3) is 0 Å². The molecule has 17 heavy (non-hydrogen) atoms. The molecule has 0 atom stereocenters. The van der Waals surface area contributed by atoms with Crippen molar-refractivity contribution in [2.24, 2.45) is 5.14 Å². The number of nitrogens with zero attached hydrogens (tertiary/aromatic N) is 2. The Morgan fingerprint density at radius 2 is 2.06 bits per heavy atom. The number of alkyl halides is 2. The van der Waals surface area contributed by atoms with E-state index in [0.717, 1.165) is 0 Å². The molecule has 0 aliphatic carbocycles. The zero-order chi connectivity index (χ0) is 13.4. The van der Waals surface area contributed by atoms with Gasteiger partial charge in [-0.15, -0.1) is 0 Å². The molecule has 1 aromatic heterocycles. The van der Waals surface area contributed by atoms with Gasteiger partial charge in [-0.2, -0.15) is 0 Å². The fourth-order valence-corrected chi connectivity index (χ4v) is 1.82. The molecule has 0 aliphatic heterocycles. The number of rotatable bonds is 3. The number of halogens is 3. The smallest absolute Gasteiger partial charge is 0.258 e. The SMILES string of the molecule is NS(=O)(=O)c1cc(Cl)c([N+](=O)[O-])c(C(F)F)n1. The quantitative estimate of drug-likeness (QED) is 0.663. The summed E-state index contributed by atoms with van der Waals surface area (Å²) in [5, 5.41) is 13.4. The van der Waals surface area contributed by atoms with Crippen molar-refractivity contribution in [3.8, 4) is 0 Å². The molecular formula is C6H4ClF2N3O4S. The second-order valence-corrected chi connectivity index (χ2v) is 4.69. The minimum absolute atomic E-state index is 0.543. The molecular weight excluding hydrogens is 284 g/mol. The summed E-state index contributed by atoms with van der Waals surface area (Å²) < 4.78 is 46.7. The number of hydrogen-bond acceptors (Lipinski definition) is 5. The maximum absolute atomic E-state index is 12.5. The number of aromatic nitrogens is 1. The molecule has 0 bridgehead atoms. The molecule has 11 heteroatoms. The second kappa shape index (κ2) is 4.47. The molecule has 0 aromatic carbocycles. The number of nitro groups is 1. The normalized spacial score (nSPS) is 11.8. The van der Waals surface area contributed by atoms with Crippen molar-refractivity contribution in [1.29, 1.82) is 0 Å². The third kappa shape index (κ3) is 2.84. The number of hydrogen-bond donors (Lipinski definition) is 1. The highest BCUT2D eigenvalue weighted by Gasteiger charge is 2.30. The molecule has 7 nitrogen and oxygen atoms in total. The van der Waals surface area contributed by atoms with E-state index in [-0.39, 0.29) is 0 Å². The summed E-state index contributed by atoms with van der Waals surface area (Å²) in [4.78, 5) is 12.2. The van der Waals surface area contributed by atoms with Crippen LogP contribution in [0.1, 0.15) is 12.1 Å². The fourth-order valence-electron chi connectivity index (χ4n) is 0.982. The predicted octanol–water partition coefficient (Wildman–Crippen LogP) is 1.23. The average Bonchev–Trinajstić information content (AvgIpc) is 2.13. The summed E-state index contributed by atoms with van der Waals surface area (Å²) in [6.07, 6.45) is -3.35. The zero-order valence-corrected chi connectivity index (χ0v) is 9.37. The van der Waals surface area contributed by atoms with Crippen LogP contribution >= 0.6 is 11.6 Å². The number of pyridine rings is 1. The van der Waals surface area contributed by atoms with E-state index in [4.69, 9.17) is 11.6 Å². The molecule has 0 unspecified atom stereocenters. The molecule has 0 radical (unpaired) electrons. The van der Waals surface area contributed by atoms with E-state index in [2.05, 4.69) is 10.1 Å². The Hall–Kier alpha value is -1.39. The maximum atomic E-state index is 12.5. The topological polar surface area (TPSA) is 116 Å². The lowest BCUT2D eigenvalue weighted by Crippen LogP contribution is -2.15. The van der Waals surface area contributed by atoms with Gasteiger partial charge in [-0.3, -0.25) is 10.1 Å². The third-order valence-corrected chi connectivity index (χ3v) is 2.71. The zero-order valence-electron chi connectivity index (χ0n) is 7.80. The van der Waals surface area contributed by atoms with Gasteiger partial charge >= 0.3 is 5.69 Å². The first kappa shape index (κ1) is 13.7. The summed E-state index contributed by atoms with van der Waals surface area (Å²) in [7, 11) is -4.38. The Morgan fingerprint density at radius 1 is 1.53 bits per heavy atom. The summed E-state index contributed by atoms with van der Waals surface area (Å²) in [6, 6.07) is 0.543. The van der Waals surface area contributed by atoms with Gasteiger partial charge in [0, 0.05) is 6.07 Å². The van der Waals surface area contributed by atoms with Crippen LogP contribution in [0.5, 0.6) is 0 Å². The summed E-state index contributed by atoms with van der Waals surface area (Å²) in [5.74, 6) is 0. The summed E-state index contributed by atoms with van der Waals surface area (Å²) in [6.45, 7) is 0. The Morgan fingerprint density at radius 3 is 2.41 bits per heavy atom. The monoisotopic (exact) mass is 287 g/mol. The molecule has 1 aromatic rings. The Kier molecular flexibility index (Phi) is 3.59. The lowest BCUT2D eigenvalue weighted by Gasteiger charge is -2.05. The van der Waals surface area contributed by atoms with E-state index in [0.29, 0.717) is 6.07 Å². The molecule has 0 amide bonds. The van der Waals surface area contributed by atoms with Crippen LogP contribution < -0.4 is 5.14 Å². The minimum atomic E-state index is -4.38. The van der Waals surface area contributed by atoms with Crippen LogP contribution in [0.4, 0.5) is 14.5 Å². The number of sulfonamides is 1. The first-order valence-electron chi connectivity index (χ1n) is 3.80. The highest BCUT2D eigenvalue weighted by atomic mass is 35.5. The molecule has 94 valence electrons. The van der Waals surface area contributed by atoms with Gasteiger partial charge in [0.05, 0.1) is 4.92 Å². The Balaban J connectivity index is 3.64. The first-order valence-corrected chi connectivity index (χ1v) is 5.72. The van der Waals surface area contributed by atoms with Gasteiger partial charge in [-0.05, 0) is 0 Å². The van der Waals surface area contributed by atoms with Crippen molar-refractivity contribution in [3.63, 3.8) is 0 Å². The van der Waals surface area contributed by atoms with E-state index in [1.54, 1.807) is 0 Å². The molecule has 0 saturated carbocycles. The van der Waals surface area contributed by atoms with Gasteiger partial charge in [-0.25, -0.2) is 27.3 Å². The van der Waals surface area contributed by atoms with Gasteiger partial charge in [0.2, 0.25) is 0 Å². The van der Waals surface area contributed by atoms with Crippen molar-refractivity contribution in [1.82, 2.24) is 4.98 Å². The lowest BCUT2D eigenvalue weighted by atomic mass is 10.3. The van der Waals surface area contributed by atoms with Gasteiger partial charge in [0.25, 0.3) is 16.4 Å². The predicted molar refractivity (Wildman–Crippen MR) is 52.2 cm³/mol. The molecule has 2 N–H and O–H groups in total. The first-order chi connectivity index (χ1) is 7.64. The fraction of sp³-hybridized carbons (Fsp3) is 0.167. The number of primary sulfonamides is 1. The van der Waals surface area contributed by atoms with Gasteiger partial charge < -0.3 is 0 Å². The standard InChI is InChI=1S/C6H4ClF2N3O4S/c7-2-1-3(17(10,15)16)11-4(6(8)9)5(2)12(13)14/h1,6H,(H2,10,15,16). The molecule has 0 spiro atoms. The Bertz CT molecular complexity index is 577. The average molecular weight is 288 g/mol. The molecule has 0 saturated heterocycles. The summed E-state index contributed by atoms with van der Waals surface area (Å²) in [5.41, 5.74) is -2.49. The summed E-state index contributed by atoms with van der Waals surface area (Å²) >= 11 is 5.34. The van der Waals surface area contributed by atoms with E-state index in [9.17, 15) is 27.3 Å². The van der Waals surface area contributed by atoms with Crippen molar-refractivity contribution < 1.29 is 22.1 Å². The van der Waals surface area contributed by atoms with Gasteiger partial charge in [0.1, 0.15) is 5.02 Å². The van der Waals surface area contributed by atoms with Gasteiger partial charge in [0.15, 0.2) is 10.7 Å². The molecule has 1 rings (SSSR count). The van der Waals surface area contributed by atoms with Crippen LogP contribution in [0.3, 0.4) is 0 Å². The second-order valence-electron chi connectivity index (χ2n) is 2.78. The highest BCUT2D eigenvalue weighted by Crippen LogP contribution is 2.34. The molecule has 0 fully saturated rings. The van der Waals surface area contributed by atoms with E-state index < -0.39 is 42.8 Å². The number of nitrogens with two attached hydrogens (primary N) is 1. The largest absolute Gasteiger partial charge is 0.315 e. The van der Waals surface area contributed by atoms with Crippen molar-refractivity contribution in [2.45, 2.75) is 11.5 Å². The minimum Gasteiger partial charge on any atom is -0.258 e. The van der Waals surface area contributed by atoms with E-state index >= 15 is 0 Å². The van der Waals surface area contributed by atoms with Crippen LogP contribution in [0, 0.1) is 10.1 Å². The lowest BCUT2D eigenvalue weighted by molar-refractivity contribution is -0.386. The van der Waals surface area contributed by atoms with Crippen molar-refractivity contribution >= 4 is 27.3 Å². The van der Waals surface area contributed by atoms with Crippen LogP contribution in [-0.4, -0.2) is 18.3 Å². The molecule has 0 aliphatic rings. The van der Waals surface area contributed by atoms with Crippen molar-refractivity contribution in [2.75, 3.05) is 0 Å². The van der Waals surface area contributed by atoms with Gasteiger partial charge in [-0.1, -0.05) is 11.6 Å². The van der Waals surface area contributed by atoms with Crippen LogP contribution in [0.2, 0.25) is 5.02 Å². The molecule has 1 heterocycles. The third-order valence-electron chi connectivity index (χ3n) is 1.63. The van der Waals surface area contributed by atoms with Crippen LogP contribution in [-0.2, 0) is 10.0 Å².